The highest BCUT2D eigenvalue weighted by atomic mass is 19.1. The van der Waals surface area contributed by atoms with Gasteiger partial charge in [0.1, 0.15) is 11.4 Å². The Hall–Kier alpha value is -2.11. The normalized spacial score (nSPS) is 21.5. The average Bonchev–Trinajstić information content (AvgIpc) is 2.84. The Balaban J connectivity index is 2.54. The third kappa shape index (κ3) is 2.57. The molecule has 5 nitrogen and oxygen atoms in total. The number of hydrogen-bond acceptors (Lipinski definition) is 3. The van der Waals surface area contributed by atoms with Crippen molar-refractivity contribution in [2.75, 3.05) is 11.4 Å². The van der Waals surface area contributed by atoms with Gasteiger partial charge in [0.2, 0.25) is 0 Å². The van der Waals surface area contributed by atoms with E-state index < -0.39 is 23.2 Å². The average molecular weight is 294 g/mol. The summed E-state index contributed by atoms with van der Waals surface area (Å²) in [6, 6.07) is 3.72. The molecule has 21 heavy (non-hydrogen) atoms. The molecule has 1 unspecified atom stereocenters. The van der Waals surface area contributed by atoms with E-state index in [0.29, 0.717) is 37.9 Å². The second-order valence-corrected chi connectivity index (χ2v) is 5.37. The van der Waals surface area contributed by atoms with Crippen molar-refractivity contribution in [3.63, 3.8) is 0 Å². The lowest BCUT2D eigenvalue weighted by molar-refractivity contribution is -0.143. The summed E-state index contributed by atoms with van der Waals surface area (Å²) in [7, 11) is 0. The number of benzene rings is 1. The quantitative estimate of drug-likeness (QED) is 0.871. The highest BCUT2D eigenvalue weighted by molar-refractivity contribution is 6.00. The number of nitrogens with two attached hydrogens (primary N) is 1. The molecular weight excluding hydrogens is 275 g/mol. The van der Waals surface area contributed by atoms with Crippen LogP contribution in [0, 0.1) is 5.82 Å². The van der Waals surface area contributed by atoms with E-state index in [-0.39, 0.29) is 5.56 Å². The maximum atomic E-state index is 13.4. The summed E-state index contributed by atoms with van der Waals surface area (Å²) < 4.78 is 13.4. The number of rotatable bonds is 5. The number of carbonyl (C=O) groups excluding carboxylic acids is 1. The molecule has 1 aliphatic rings. The molecule has 0 spiro atoms. The SMILES string of the molecule is CCCC1(C(=O)O)CCCN1c1ccc(F)cc1C(N)=O. The van der Waals surface area contributed by atoms with Gasteiger partial charge in [0, 0.05) is 6.54 Å². The van der Waals surface area contributed by atoms with Gasteiger partial charge in [-0.25, -0.2) is 9.18 Å². The first kappa shape index (κ1) is 15.3. The van der Waals surface area contributed by atoms with Crippen LogP contribution in [0.5, 0.6) is 0 Å². The van der Waals surface area contributed by atoms with E-state index in [0.717, 1.165) is 6.07 Å². The van der Waals surface area contributed by atoms with Crippen LogP contribution in [0.25, 0.3) is 0 Å². The van der Waals surface area contributed by atoms with Gasteiger partial charge in [0.25, 0.3) is 5.91 Å². The van der Waals surface area contributed by atoms with Crippen molar-refractivity contribution in [1.82, 2.24) is 0 Å². The summed E-state index contributed by atoms with van der Waals surface area (Å²) in [6.07, 6.45) is 2.39. The Morgan fingerprint density at radius 3 is 2.76 bits per heavy atom. The third-order valence-corrected chi connectivity index (χ3v) is 4.07. The second kappa shape index (κ2) is 5.71. The number of hydrogen-bond donors (Lipinski definition) is 2. The fraction of sp³-hybridized carbons (Fsp3) is 0.467. The molecule has 0 saturated carbocycles. The zero-order chi connectivity index (χ0) is 15.6. The number of amides is 1. The highest BCUT2D eigenvalue weighted by Gasteiger charge is 2.47. The molecule has 0 bridgehead atoms. The van der Waals surface area contributed by atoms with Crippen LogP contribution in [-0.2, 0) is 4.79 Å². The fourth-order valence-electron chi connectivity index (χ4n) is 3.17. The summed E-state index contributed by atoms with van der Waals surface area (Å²) >= 11 is 0. The molecule has 1 saturated heterocycles. The van der Waals surface area contributed by atoms with E-state index in [1.807, 2.05) is 6.92 Å². The molecule has 0 radical (unpaired) electrons. The van der Waals surface area contributed by atoms with E-state index in [1.54, 1.807) is 4.90 Å². The van der Waals surface area contributed by atoms with E-state index in [1.165, 1.54) is 12.1 Å². The predicted octanol–water partition coefficient (Wildman–Crippen LogP) is 2.15. The van der Waals surface area contributed by atoms with Crippen molar-refractivity contribution in [3.8, 4) is 0 Å². The lowest BCUT2D eigenvalue weighted by atomic mass is 9.90. The number of carboxylic acid groups (broad SMARTS) is 1. The van der Waals surface area contributed by atoms with Gasteiger partial charge in [-0.2, -0.15) is 0 Å². The minimum absolute atomic E-state index is 0.0265. The van der Waals surface area contributed by atoms with Gasteiger partial charge in [-0.1, -0.05) is 13.3 Å². The molecule has 1 aliphatic heterocycles. The molecule has 1 aromatic carbocycles. The molecule has 1 heterocycles. The molecule has 1 fully saturated rings. The van der Waals surface area contributed by atoms with Gasteiger partial charge in [-0.15, -0.1) is 0 Å². The van der Waals surface area contributed by atoms with Crippen molar-refractivity contribution in [2.45, 2.75) is 38.1 Å². The molecule has 114 valence electrons. The van der Waals surface area contributed by atoms with Crippen LogP contribution in [0.4, 0.5) is 10.1 Å². The number of primary amides is 1. The number of carboxylic acids is 1. The predicted molar refractivity (Wildman–Crippen MR) is 76.8 cm³/mol. The van der Waals surface area contributed by atoms with E-state index in [2.05, 4.69) is 0 Å². The highest BCUT2D eigenvalue weighted by Crippen LogP contribution is 2.39. The Labute approximate surface area is 122 Å². The third-order valence-electron chi connectivity index (χ3n) is 4.07. The molecule has 6 heteroatoms. The molecule has 3 N–H and O–H groups in total. The number of anilines is 1. The first-order valence-electron chi connectivity index (χ1n) is 7.03. The molecule has 1 aromatic rings. The van der Waals surface area contributed by atoms with Crippen LogP contribution in [-0.4, -0.2) is 29.1 Å². The summed E-state index contributed by atoms with van der Waals surface area (Å²) in [5.41, 5.74) is 4.69. The summed E-state index contributed by atoms with van der Waals surface area (Å²) in [5.74, 6) is -2.24. The number of aliphatic carboxylic acids is 1. The largest absolute Gasteiger partial charge is 0.479 e. The molecule has 1 amide bonds. The van der Waals surface area contributed by atoms with E-state index in [4.69, 9.17) is 5.73 Å². The Kier molecular flexibility index (Phi) is 4.16. The van der Waals surface area contributed by atoms with Crippen molar-refractivity contribution in [2.24, 2.45) is 5.73 Å². The zero-order valence-electron chi connectivity index (χ0n) is 11.9. The van der Waals surface area contributed by atoms with Gasteiger partial charge >= 0.3 is 5.97 Å². The van der Waals surface area contributed by atoms with E-state index in [9.17, 15) is 19.1 Å². The van der Waals surface area contributed by atoms with E-state index >= 15 is 0 Å². The Morgan fingerprint density at radius 2 is 2.19 bits per heavy atom. The molecule has 0 aromatic heterocycles. The van der Waals surface area contributed by atoms with Crippen molar-refractivity contribution in [3.05, 3.63) is 29.6 Å². The monoisotopic (exact) mass is 294 g/mol. The van der Waals surface area contributed by atoms with Crippen molar-refractivity contribution < 1.29 is 19.1 Å². The number of nitrogens with zero attached hydrogens (tertiary/aromatic N) is 1. The lowest BCUT2D eigenvalue weighted by Gasteiger charge is -2.37. The molecule has 2 rings (SSSR count). The van der Waals surface area contributed by atoms with Gasteiger partial charge in [-0.05, 0) is 37.5 Å². The zero-order valence-corrected chi connectivity index (χ0v) is 11.9. The summed E-state index contributed by atoms with van der Waals surface area (Å²) in [6.45, 7) is 2.43. The summed E-state index contributed by atoms with van der Waals surface area (Å²) in [4.78, 5) is 25.1. The van der Waals surface area contributed by atoms with Gasteiger partial charge < -0.3 is 15.7 Å². The first-order chi connectivity index (χ1) is 9.92. The molecular formula is C15H19FN2O3. The van der Waals surface area contributed by atoms with Crippen LogP contribution >= 0.6 is 0 Å². The first-order valence-corrected chi connectivity index (χ1v) is 7.03. The van der Waals surface area contributed by atoms with Crippen LogP contribution in [0.1, 0.15) is 43.0 Å². The maximum absolute atomic E-state index is 13.4. The smallest absolute Gasteiger partial charge is 0.329 e. The minimum atomic E-state index is -1.04. The lowest BCUT2D eigenvalue weighted by Crippen LogP contribution is -2.51. The Morgan fingerprint density at radius 1 is 1.48 bits per heavy atom. The van der Waals surface area contributed by atoms with Gasteiger partial charge in [-0.3, -0.25) is 4.79 Å². The summed E-state index contributed by atoms with van der Waals surface area (Å²) in [5, 5.41) is 9.68. The van der Waals surface area contributed by atoms with Crippen LogP contribution in [0.15, 0.2) is 18.2 Å². The number of halogens is 1. The molecule has 0 aliphatic carbocycles. The second-order valence-electron chi connectivity index (χ2n) is 5.37. The Bertz CT molecular complexity index is 576. The van der Waals surface area contributed by atoms with Crippen LogP contribution in [0.2, 0.25) is 0 Å². The topological polar surface area (TPSA) is 83.6 Å². The molecule has 1 atom stereocenters. The van der Waals surface area contributed by atoms with Crippen molar-refractivity contribution >= 4 is 17.6 Å². The van der Waals surface area contributed by atoms with Gasteiger partial charge in [0.15, 0.2) is 0 Å². The van der Waals surface area contributed by atoms with Crippen molar-refractivity contribution in [1.29, 1.82) is 0 Å². The standard InChI is InChI=1S/C15H19FN2O3/c1-2-6-15(14(20)21)7-3-8-18(15)12-5-4-10(16)9-11(12)13(17)19/h4-5,9H,2-3,6-8H2,1H3,(H2,17,19)(H,20,21). The maximum Gasteiger partial charge on any atom is 0.329 e. The van der Waals surface area contributed by atoms with Crippen LogP contribution < -0.4 is 10.6 Å². The van der Waals surface area contributed by atoms with Gasteiger partial charge in [0.05, 0.1) is 11.3 Å². The number of carbonyl (C=O) groups is 2. The minimum Gasteiger partial charge on any atom is -0.479 e. The van der Waals surface area contributed by atoms with Crippen LogP contribution in [0.3, 0.4) is 0 Å². The fourth-order valence-corrected chi connectivity index (χ4v) is 3.17.